The first-order chi connectivity index (χ1) is 13.6. The van der Waals surface area contributed by atoms with Crippen molar-refractivity contribution in [3.8, 4) is 5.75 Å². The Morgan fingerprint density at radius 1 is 1.18 bits per heavy atom. The Morgan fingerprint density at radius 3 is 2.68 bits per heavy atom. The number of carbonyl (C=O) groups excluding carboxylic acids is 1. The number of amides is 1. The summed E-state index contributed by atoms with van der Waals surface area (Å²) < 4.78 is 6.68. The molecule has 0 bridgehead atoms. The van der Waals surface area contributed by atoms with Gasteiger partial charge in [-0.05, 0) is 45.1 Å². The summed E-state index contributed by atoms with van der Waals surface area (Å²) in [5, 5.41) is 4.17. The zero-order chi connectivity index (χ0) is 19.9. The standard InChI is InChI=1S/C22H27N3O2S/c1-25(2)18(16-9-4-6-11-19(16)27-3)15-23-21(26)13-8-14-22-24-17-10-5-7-12-20(17)28-22/h4-7,9-12,18H,8,13-15H2,1-3H3,(H,23,26). The van der Waals surface area contributed by atoms with E-state index in [4.69, 9.17) is 4.74 Å². The van der Waals surface area contributed by atoms with Gasteiger partial charge in [0.15, 0.2) is 0 Å². The minimum absolute atomic E-state index is 0.0596. The van der Waals surface area contributed by atoms with E-state index in [0.29, 0.717) is 13.0 Å². The summed E-state index contributed by atoms with van der Waals surface area (Å²) in [6, 6.07) is 16.1. The van der Waals surface area contributed by atoms with Crippen molar-refractivity contribution < 1.29 is 9.53 Å². The van der Waals surface area contributed by atoms with Gasteiger partial charge in [-0.25, -0.2) is 4.98 Å². The zero-order valence-electron chi connectivity index (χ0n) is 16.6. The van der Waals surface area contributed by atoms with Crippen LogP contribution < -0.4 is 10.1 Å². The fourth-order valence-corrected chi connectivity index (χ4v) is 4.25. The van der Waals surface area contributed by atoms with Crippen molar-refractivity contribution in [3.05, 3.63) is 59.1 Å². The van der Waals surface area contributed by atoms with Gasteiger partial charge in [0.25, 0.3) is 0 Å². The first kappa shape index (κ1) is 20.3. The number of hydrogen-bond donors (Lipinski definition) is 1. The fraction of sp³-hybridized carbons (Fsp3) is 0.364. The van der Waals surface area contributed by atoms with Gasteiger partial charge in [-0.1, -0.05) is 30.3 Å². The number of para-hydroxylation sites is 2. The molecule has 28 heavy (non-hydrogen) atoms. The van der Waals surface area contributed by atoms with Crippen LogP contribution in [0.1, 0.15) is 29.5 Å². The predicted octanol–water partition coefficient (Wildman–Crippen LogP) is 4.05. The second-order valence-electron chi connectivity index (χ2n) is 6.95. The van der Waals surface area contributed by atoms with Crippen molar-refractivity contribution in [2.75, 3.05) is 27.7 Å². The van der Waals surface area contributed by atoms with Gasteiger partial charge in [0.1, 0.15) is 5.75 Å². The smallest absolute Gasteiger partial charge is 0.220 e. The summed E-state index contributed by atoms with van der Waals surface area (Å²) in [7, 11) is 5.69. The molecule has 1 N–H and O–H groups in total. The third-order valence-corrected chi connectivity index (χ3v) is 5.84. The van der Waals surface area contributed by atoms with Crippen LogP contribution in [0.3, 0.4) is 0 Å². The Balaban J connectivity index is 1.50. The molecule has 148 valence electrons. The van der Waals surface area contributed by atoms with E-state index >= 15 is 0 Å². The van der Waals surface area contributed by atoms with Gasteiger partial charge in [-0.2, -0.15) is 0 Å². The maximum atomic E-state index is 12.3. The lowest BCUT2D eigenvalue weighted by atomic mass is 10.0. The van der Waals surface area contributed by atoms with Crippen molar-refractivity contribution in [2.24, 2.45) is 0 Å². The van der Waals surface area contributed by atoms with E-state index in [-0.39, 0.29) is 11.9 Å². The number of methoxy groups -OCH3 is 1. The van der Waals surface area contributed by atoms with Gasteiger partial charge in [0.05, 0.1) is 28.4 Å². The number of likely N-dealkylation sites (N-methyl/N-ethyl adjacent to an activating group) is 1. The lowest BCUT2D eigenvalue weighted by Crippen LogP contribution is -2.34. The van der Waals surface area contributed by atoms with E-state index in [1.165, 1.54) is 4.70 Å². The minimum Gasteiger partial charge on any atom is -0.496 e. The average molecular weight is 398 g/mol. The zero-order valence-corrected chi connectivity index (χ0v) is 17.5. The van der Waals surface area contributed by atoms with Crippen molar-refractivity contribution in [3.63, 3.8) is 0 Å². The molecule has 6 heteroatoms. The molecule has 2 aromatic carbocycles. The molecule has 1 heterocycles. The lowest BCUT2D eigenvalue weighted by molar-refractivity contribution is -0.121. The van der Waals surface area contributed by atoms with Gasteiger partial charge in [-0.15, -0.1) is 11.3 Å². The van der Waals surface area contributed by atoms with Crippen molar-refractivity contribution in [1.29, 1.82) is 0 Å². The van der Waals surface area contributed by atoms with E-state index < -0.39 is 0 Å². The van der Waals surface area contributed by atoms with E-state index in [1.807, 2.05) is 56.6 Å². The quantitative estimate of drug-likeness (QED) is 0.592. The maximum absolute atomic E-state index is 12.3. The number of carbonyl (C=O) groups is 1. The molecule has 0 aliphatic rings. The van der Waals surface area contributed by atoms with E-state index in [0.717, 1.165) is 34.7 Å². The second-order valence-corrected chi connectivity index (χ2v) is 8.07. The van der Waals surface area contributed by atoms with Crippen molar-refractivity contribution in [2.45, 2.75) is 25.3 Å². The summed E-state index contributed by atoms with van der Waals surface area (Å²) in [4.78, 5) is 19.1. The molecule has 1 aromatic heterocycles. The largest absolute Gasteiger partial charge is 0.496 e. The first-order valence-corrected chi connectivity index (χ1v) is 10.3. The number of aromatic nitrogens is 1. The Morgan fingerprint density at radius 2 is 1.93 bits per heavy atom. The van der Waals surface area contributed by atoms with Gasteiger partial charge in [0, 0.05) is 18.5 Å². The number of benzene rings is 2. The van der Waals surface area contributed by atoms with E-state index in [9.17, 15) is 4.79 Å². The van der Waals surface area contributed by atoms with E-state index in [2.05, 4.69) is 21.3 Å². The molecule has 0 aliphatic carbocycles. The highest BCUT2D eigenvalue weighted by Gasteiger charge is 2.19. The number of hydrogen-bond acceptors (Lipinski definition) is 5. The molecule has 0 aliphatic heterocycles. The lowest BCUT2D eigenvalue weighted by Gasteiger charge is -2.26. The summed E-state index contributed by atoms with van der Waals surface area (Å²) in [5.41, 5.74) is 2.11. The highest BCUT2D eigenvalue weighted by Crippen LogP contribution is 2.27. The maximum Gasteiger partial charge on any atom is 0.220 e. The average Bonchev–Trinajstić information content (AvgIpc) is 3.11. The molecule has 0 radical (unpaired) electrons. The molecule has 1 unspecified atom stereocenters. The molecule has 0 saturated carbocycles. The van der Waals surface area contributed by atoms with Crippen LogP contribution in [0.15, 0.2) is 48.5 Å². The number of fused-ring (bicyclic) bond motifs is 1. The highest BCUT2D eigenvalue weighted by atomic mass is 32.1. The Bertz CT molecular complexity index is 890. The van der Waals surface area contributed by atoms with Crippen LogP contribution in [-0.4, -0.2) is 43.5 Å². The third kappa shape index (κ3) is 5.09. The van der Waals surface area contributed by atoms with Crippen molar-refractivity contribution in [1.82, 2.24) is 15.2 Å². The van der Waals surface area contributed by atoms with Crippen LogP contribution in [-0.2, 0) is 11.2 Å². The molecule has 1 atom stereocenters. The Hall–Kier alpha value is -2.44. The molecule has 0 spiro atoms. The van der Waals surface area contributed by atoms with Crippen LogP contribution in [0.4, 0.5) is 0 Å². The summed E-state index contributed by atoms with van der Waals surface area (Å²) in [6.07, 6.45) is 2.13. The SMILES string of the molecule is COc1ccccc1C(CNC(=O)CCCc1nc2ccccc2s1)N(C)C. The van der Waals surface area contributed by atoms with Gasteiger partial charge >= 0.3 is 0 Å². The monoisotopic (exact) mass is 397 g/mol. The second kappa shape index (κ2) is 9.66. The fourth-order valence-electron chi connectivity index (χ4n) is 3.24. The Labute approximate surface area is 170 Å². The van der Waals surface area contributed by atoms with Crippen LogP contribution >= 0.6 is 11.3 Å². The third-order valence-electron chi connectivity index (χ3n) is 4.75. The number of thiazole rings is 1. The summed E-state index contributed by atoms with van der Waals surface area (Å²) in [6.45, 7) is 0.549. The van der Waals surface area contributed by atoms with Gasteiger partial charge in [0.2, 0.25) is 5.91 Å². The first-order valence-electron chi connectivity index (χ1n) is 9.49. The molecular weight excluding hydrogens is 370 g/mol. The molecule has 0 fully saturated rings. The van der Waals surface area contributed by atoms with Crippen LogP contribution in [0, 0.1) is 0 Å². The Kier molecular flexibility index (Phi) is 7.01. The number of rotatable bonds is 9. The molecule has 3 rings (SSSR count). The van der Waals surface area contributed by atoms with Crippen LogP contribution in [0.5, 0.6) is 5.75 Å². The number of aryl methyl sites for hydroxylation is 1. The van der Waals surface area contributed by atoms with Gasteiger partial charge in [-0.3, -0.25) is 4.79 Å². The summed E-state index contributed by atoms with van der Waals surface area (Å²) in [5.74, 6) is 0.911. The topological polar surface area (TPSA) is 54.5 Å². The minimum atomic E-state index is 0.0596. The number of ether oxygens (including phenoxy) is 1. The molecule has 3 aromatic rings. The highest BCUT2D eigenvalue weighted by molar-refractivity contribution is 7.18. The molecule has 1 amide bonds. The summed E-state index contributed by atoms with van der Waals surface area (Å²) >= 11 is 1.71. The molecule has 5 nitrogen and oxygen atoms in total. The van der Waals surface area contributed by atoms with Crippen LogP contribution in [0.25, 0.3) is 10.2 Å². The van der Waals surface area contributed by atoms with E-state index in [1.54, 1.807) is 18.4 Å². The van der Waals surface area contributed by atoms with Crippen molar-refractivity contribution >= 4 is 27.5 Å². The predicted molar refractivity (Wildman–Crippen MR) is 115 cm³/mol. The number of nitrogens with zero attached hydrogens (tertiary/aromatic N) is 2. The van der Waals surface area contributed by atoms with Gasteiger partial charge < -0.3 is 15.0 Å². The van der Waals surface area contributed by atoms with Crippen LogP contribution in [0.2, 0.25) is 0 Å². The number of nitrogens with one attached hydrogen (secondary N) is 1. The molecular formula is C22H27N3O2S. The normalized spacial score (nSPS) is 12.3. The molecule has 0 saturated heterocycles.